The fraction of sp³-hybridized carbons (Fsp3) is 0.588. The molecule has 0 aliphatic rings. The Morgan fingerprint density at radius 3 is 2.20 bits per heavy atom. The van der Waals surface area contributed by atoms with Crippen molar-refractivity contribution in [3.05, 3.63) is 35.9 Å². The van der Waals surface area contributed by atoms with Gasteiger partial charge in [-0.3, -0.25) is 4.79 Å². The van der Waals surface area contributed by atoms with Crippen molar-refractivity contribution in [3.8, 4) is 0 Å². The molecule has 0 aliphatic carbocycles. The fourth-order valence-corrected chi connectivity index (χ4v) is 3.09. The Labute approximate surface area is 124 Å². The summed E-state index contributed by atoms with van der Waals surface area (Å²) in [5, 5.41) is 0.121. The van der Waals surface area contributed by atoms with E-state index in [1.807, 2.05) is 25.1 Å². The molecule has 112 valence electrons. The predicted molar refractivity (Wildman–Crippen MR) is 87.5 cm³/mol. The number of hydrogen-bond acceptors (Lipinski definition) is 2. The first kappa shape index (κ1) is 17.1. The lowest BCUT2D eigenvalue weighted by atomic mass is 10.0. The Morgan fingerprint density at radius 2 is 1.75 bits per heavy atom. The molecule has 0 saturated carbocycles. The van der Waals surface area contributed by atoms with Crippen LogP contribution in [0.4, 0.5) is 0 Å². The molecule has 1 aromatic rings. The van der Waals surface area contributed by atoms with Crippen LogP contribution in [0.25, 0.3) is 0 Å². The number of rotatable bonds is 6. The van der Waals surface area contributed by atoms with Crippen LogP contribution in [-0.2, 0) is 15.6 Å². The van der Waals surface area contributed by atoms with Crippen LogP contribution in [0, 0.1) is 0 Å². The van der Waals surface area contributed by atoms with E-state index in [9.17, 15) is 4.79 Å². The van der Waals surface area contributed by atoms with E-state index < -0.39 is 8.32 Å². The second-order valence-electron chi connectivity index (χ2n) is 6.88. The van der Waals surface area contributed by atoms with Crippen molar-refractivity contribution in [2.75, 3.05) is 0 Å². The molecule has 0 N–H and O–H groups in total. The molecule has 1 rings (SSSR count). The van der Waals surface area contributed by atoms with Crippen LogP contribution in [0.5, 0.6) is 0 Å². The van der Waals surface area contributed by atoms with Gasteiger partial charge in [0, 0.05) is 12.8 Å². The van der Waals surface area contributed by atoms with Crippen molar-refractivity contribution in [2.45, 2.75) is 64.8 Å². The highest BCUT2D eigenvalue weighted by Crippen LogP contribution is 2.37. The van der Waals surface area contributed by atoms with Gasteiger partial charge in [-0.2, -0.15) is 0 Å². The van der Waals surface area contributed by atoms with Crippen molar-refractivity contribution in [3.63, 3.8) is 0 Å². The van der Waals surface area contributed by atoms with E-state index in [1.54, 1.807) is 0 Å². The molecule has 0 amide bonds. The second-order valence-corrected chi connectivity index (χ2v) is 11.6. The Hall–Kier alpha value is -0.933. The largest absolute Gasteiger partial charge is 0.407 e. The highest BCUT2D eigenvalue weighted by molar-refractivity contribution is 6.74. The van der Waals surface area contributed by atoms with Crippen molar-refractivity contribution >= 4 is 14.1 Å². The third-order valence-electron chi connectivity index (χ3n) is 4.21. The molecular weight excluding hydrogens is 264 g/mol. The lowest BCUT2D eigenvalue weighted by Crippen LogP contribution is -2.46. The molecule has 0 radical (unpaired) electrons. The van der Waals surface area contributed by atoms with E-state index in [2.05, 4.69) is 46.0 Å². The third kappa shape index (κ3) is 4.56. The zero-order valence-corrected chi connectivity index (χ0v) is 14.7. The number of carbonyl (C=O) groups excluding carboxylic acids is 1. The van der Waals surface area contributed by atoms with Gasteiger partial charge in [-0.1, -0.05) is 58.0 Å². The van der Waals surface area contributed by atoms with Crippen LogP contribution < -0.4 is 0 Å². The first-order valence-electron chi connectivity index (χ1n) is 7.42. The minimum atomic E-state index is -1.92. The normalized spacial score (nSPS) is 14.1. The van der Waals surface area contributed by atoms with Crippen molar-refractivity contribution in [1.82, 2.24) is 0 Å². The van der Waals surface area contributed by atoms with E-state index >= 15 is 0 Å². The van der Waals surface area contributed by atoms with E-state index in [4.69, 9.17) is 4.43 Å². The van der Waals surface area contributed by atoms with Gasteiger partial charge in [0.05, 0.1) is 0 Å². The number of ketones is 1. The minimum Gasteiger partial charge on any atom is -0.407 e. The van der Waals surface area contributed by atoms with Crippen LogP contribution in [0.2, 0.25) is 18.1 Å². The molecule has 20 heavy (non-hydrogen) atoms. The molecule has 0 aliphatic heterocycles. The van der Waals surface area contributed by atoms with Gasteiger partial charge in [0.1, 0.15) is 6.10 Å². The van der Waals surface area contributed by atoms with E-state index in [0.717, 1.165) is 5.56 Å². The zero-order valence-electron chi connectivity index (χ0n) is 13.7. The quantitative estimate of drug-likeness (QED) is 0.716. The van der Waals surface area contributed by atoms with Gasteiger partial charge in [-0.25, -0.2) is 0 Å². The lowest BCUT2D eigenvalue weighted by Gasteiger charge is -2.39. The zero-order chi connectivity index (χ0) is 15.4. The standard InChI is InChI=1S/C17H28O2Si/c1-7-15(18)16(13-14-11-9-8-10-12-14)19-20(5,6)17(2,3)4/h8-12,16H,7,13H2,1-6H3/t16-/m0/s1. The Morgan fingerprint density at radius 1 is 1.20 bits per heavy atom. The van der Waals surface area contributed by atoms with Gasteiger partial charge < -0.3 is 4.43 Å². The molecular formula is C17H28O2Si. The number of carbonyl (C=O) groups is 1. The molecule has 0 unspecified atom stereocenters. The molecule has 1 atom stereocenters. The molecule has 2 nitrogen and oxygen atoms in total. The summed E-state index contributed by atoms with van der Waals surface area (Å²) < 4.78 is 6.35. The van der Waals surface area contributed by atoms with Crippen molar-refractivity contribution in [2.24, 2.45) is 0 Å². The Balaban J connectivity index is 2.89. The van der Waals surface area contributed by atoms with E-state index in [1.165, 1.54) is 0 Å². The topological polar surface area (TPSA) is 26.3 Å². The fourth-order valence-electron chi connectivity index (χ4n) is 1.81. The molecule has 3 heteroatoms. The number of hydrogen-bond donors (Lipinski definition) is 0. The first-order valence-corrected chi connectivity index (χ1v) is 10.3. The molecule has 0 heterocycles. The van der Waals surface area contributed by atoms with Gasteiger partial charge in [0.2, 0.25) is 0 Å². The van der Waals surface area contributed by atoms with Crippen LogP contribution >= 0.6 is 0 Å². The molecule has 1 aromatic carbocycles. The van der Waals surface area contributed by atoms with Crippen LogP contribution in [0.3, 0.4) is 0 Å². The molecule has 0 fully saturated rings. The number of benzene rings is 1. The maximum Gasteiger partial charge on any atom is 0.193 e. The third-order valence-corrected chi connectivity index (χ3v) is 8.70. The van der Waals surface area contributed by atoms with Gasteiger partial charge >= 0.3 is 0 Å². The molecule has 0 saturated heterocycles. The second kappa shape index (κ2) is 6.68. The minimum absolute atomic E-state index is 0.121. The first-order chi connectivity index (χ1) is 9.17. The van der Waals surface area contributed by atoms with Crippen LogP contribution in [0.1, 0.15) is 39.7 Å². The summed E-state index contributed by atoms with van der Waals surface area (Å²) in [6.07, 6.45) is 0.912. The highest BCUT2D eigenvalue weighted by Gasteiger charge is 2.40. The Bertz CT molecular complexity index is 432. The maximum atomic E-state index is 12.2. The SMILES string of the molecule is CCC(=O)[C@H](Cc1ccccc1)O[Si](C)(C)C(C)(C)C. The van der Waals surface area contributed by atoms with Crippen molar-refractivity contribution in [1.29, 1.82) is 0 Å². The molecule has 0 spiro atoms. The monoisotopic (exact) mass is 292 g/mol. The summed E-state index contributed by atoms with van der Waals surface area (Å²) in [4.78, 5) is 12.2. The van der Waals surface area contributed by atoms with Gasteiger partial charge in [0.15, 0.2) is 14.1 Å². The summed E-state index contributed by atoms with van der Waals surface area (Å²) in [5.74, 6) is 0.207. The number of Topliss-reactive ketones (excluding diaryl/α,β-unsaturated/α-hetero) is 1. The summed E-state index contributed by atoms with van der Waals surface area (Å²) in [5.41, 5.74) is 1.16. The van der Waals surface area contributed by atoms with Gasteiger partial charge in [0.25, 0.3) is 0 Å². The van der Waals surface area contributed by atoms with Crippen molar-refractivity contribution < 1.29 is 9.22 Å². The van der Waals surface area contributed by atoms with Crippen LogP contribution in [0.15, 0.2) is 30.3 Å². The lowest BCUT2D eigenvalue weighted by molar-refractivity contribution is -0.126. The Kier molecular flexibility index (Phi) is 5.72. The average Bonchev–Trinajstić information content (AvgIpc) is 2.36. The smallest absolute Gasteiger partial charge is 0.193 e. The summed E-state index contributed by atoms with van der Waals surface area (Å²) in [7, 11) is -1.92. The van der Waals surface area contributed by atoms with Crippen LogP contribution in [-0.4, -0.2) is 20.2 Å². The van der Waals surface area contributed by atoms with E-state index in [-0.39, 0.29) is 16.9 Å². The van der Waals surface area contributed by atoms with Gasteiger partial charge in [-0.05, 0) is 23.7 Å². The maximum absolute atomic E-state index is 12.2. The summed E-state index contributed by atoms with van der Waals surface area (Å²) >= 11 is 0. The highest BCUT2D eigenvalue weighted by atomic mass is 28.4. The molecule has 0 aromatic heterocycles. The molecule has 0 bridgehead atoms. The summed E-state index contributed by atoms with van der Waals surface area (Å²) in [6, 6.07) is 10.1. The predicted octanol–water partition coefficient (Wildman–Crippen LogP) is 4.60. The average molecular weight is 292 g/mol. The van der Waals surface area contributed by atoms with E-state index in [0.29, 0.717) is 12.8 Å². The summed E-state index contributed by atoms with van der Waals surface area (Å²) in [6.45, 7) is 12.9. The van der Waals surface area contributed by atoms with Gasteiger partial charge in [-0.15, -0.1) is 0 Å².